The maximum atomic E-state index is 12.3. The van der Waals surface area contributed by atoms with E-state index in [1.807, 2.05) is 25.1 Å². The number of carbonyl (C=O) groups is 1. The molecule has 1 aromatic carbocycles. The number of pyridine rings is 1. The molecule has 1 N–H and O–H groups in total. The van der Waals surface area contributed by atoms with Crippen molar-refractivity contribution in [3.8, 4) is 6.07 Å². The van der Waals surface area contributed by atoms with E-state index in [9.17, 15) is 9.59 Å². The Kier molecular flexibility index (Phi) is 5.02. The van der Waals surface area contributed by atoms with Crippen LogP contribution in [0.4, 0.5) is 5.69 Å². The lowest BCUT2D eigenvalue weighted by Crippen LogP contribution is -2.31. The smallest absolute Gasteiger partial charge is 0.269 e. The van der Waals surface area contributed by atoms with Gasteiger partial charge in [0.1, 0.15) is 18.2 Å². The van der Waals surface area contributed by atoms with Crippen LogP contribution >= 0.6 is 15.9 Å². The maximum Gasteiger partial charge on any atom is 0.269 e. The van der Waals surface area contributed by atoms with E-state index in [0.717, 1.165) is 10.0 Å². The van der Waals surface area contributed by atoms with Gasteiger partial charge in [0.15, 0.2) is 0 Å². The van der Waals surface area contributed by atoms with E-state index in [4.69, 9.17) is 5.26 Å². The summed E-state index contributed by atoms with van der Waals surface area (Å²) in [6.45, 7) is 5.21. The summed E-state index contributed by atoms with van der Waals surface area (Å²) in [5.41, 5.74) is 2.51. The normalized spacial score (nSPS) is 10.2. The first-order chi connectivity index (χ1) is 10.8. The number of hydrogen-bond donors (Lipinski definition) is 1. The number of benzene rings is 1. The molecule has 1 amide bonds. The number of carbonyl (C=O) groups excluding carboxylic acids is 1. The van der Waals surface area contributed by atoms with Gasteiger partial charge in [0.05, 0.1) is 0 Å². The molecule has 0 fully saturated rings. The van der Waals surface area contributed by atoms with Crippen molar-refractivity contribution in [2.75, 3.05) is 5.32 Å². The molecule has 0 saturated carbocycles. The van der Waals surface area contributed by atoms with Gasteiger partial charge in [-0.15, -0.1) is 0 Å². The topological polar surface area (TPSA) is 74.9 Å². The van der Waals surface area contributed by atoms with Crippen LogP contribution in [-0.2, 0) is 11.3 Å². The minimum atomic E-state index is -0.437. The van der Waals surface area contributed by atoms with Crippen LogP contribution in [-0.4, -0.2) is 10.5 Å². The lowest BCUT2D eigenvalue weighted by Gasteiger charge is -2.13. The number of amides is 1. The molecule has 0 atom stereocenters. The second kappa shape index (κ2) is 6.80. The summed E-state index contributed by atoms with van der Waals surface area (Å²) in [6.07, 6.45) is 0. The molecule has 0 spiro atoms. The van der Waals surface area contributed by atoms with Crippen molar-refractivity contribution in [3.63, 3.8) is 0 Å². The fourth-order valence-corrected chi connectivity index (χ4v) is 2.84. The van der Waals surface area contributed by atoms with Crippen molar-refractivity contribution in [2.24, 2.45) is 0 Å². The highest BCUT2D eigenvalue weighted by atomic mass is 79.9. The van der Waals surface area contributed by atoms with Crippen molar-refractivity contribution >= 4 is 27.5 Å². The molecule has 0 unspecified atom stereocenters. The first-order valence-corrected chi connectivity index (χ1v) is 7.80. The summed E-state index contributed by atoms with van der Waals surface area (Å²) in [5, 5.41) is 11.9. The molecule has 0 bridgehead atoms. The number of halogens is 1. The Morgan fingerprint density at radius 2 is 1.96 bits per heavy atom. The third-order valence-electron chi connectivity index (χ3n) is 3.58. The van der Waals surface area contributed by atoms with Gasteiger partial charge >= 0.3 is 0 Å². The summed E-state index contributed by atoms with van der Waals surface area (Å²) < 4.78 is 2.24. The third kappa shape index (κ3) is 3.69. The fourth-order valence-electron chi connectivity index (χ4n) is 2.36. The van der Waals surface area contributed by atoms with E-state index in [1.54, 1.807) is 26.0 Å². The van der Waals surface area contributed by atoms with Crippen LogP contribution in [0.1, 0.15) is 22.4 Å². The number of aryl methyl sites for hydroxylation is 3. The maximum absolute atomic E-state index is 12.3. The SMILES string of the molecule is Cc1cc(Br)ccc1NC(=O)Cn1c(C)cc(C)c(C#N)c1=O. The summed E-state index contributed by atoms with van der Waals surface area (Å²) in [6, 6.07) is 9.16. The fraction of sp³-hybridized carbons (Fsp3) is 0.235. The Morgan fingerprint density at radius 1 is 1.26 bits per heavy atom. The van der Waals surface area contributed by atoms with Crippen LogP contribution in [0.15, 0.2) is 33.5 Å². The van der Waals surface area contributed by atoms with Crippen LogP contribution in [0.3, 0.4) is 0 Å². The van der Waals surface area contributed by atoms with Gasteiger partial charge in [-0.2, -0.15) is 5.26 Å². The minimum Gasteiger partial charge on any atom is -0.324 e. The number of nitriles is 1. The molecule has 6 heteroatoms. The molecule has 5 nitrogen and oxygen atoms in total. The number of rotatable bonds is 3. The van der Waals surface area contributed by atoms with E-state index in [2.05, 4.69) is 21.2 Å². The molecule has 0 radical (unpaired) electrons. The van der Waals surface area contributed by atoms with E-state index in [0.29, 0.717) is 16.9 Å². The Bertz CT molecular complexity index is 879. The van der Waals surface area contributed by atoms with Gasteiger partial charge in [-0.3, -0.25) is 9.59 Å². The largest absolute Gasteiger partial charge is 0.324 e. The van der Waals surface area contributed by atoms with Crippen molar-refractivity contribution in [1.82, 2.24) is 4.57 Å². The predicted molar refractivity (Wildman–Crippen MR) is 92.4 cm³/mol. The van der Waals surface area contributed by atoms with Gasteiger partial charge in [-0.05, 0) is 56.2 Å². The second-order valence-corrected chi connectivity index (χ2v) is 6.27. The van der Waals surface area contributed by atoms with Crippen molar-refractivity contribution in [2.45, 2.75) is 27.3 Å². The van der Waals surface area contributed by atoms with Crippen molar-refractivity contribution in [3.05, 3.63) is 61.5 Å². The Hall–Kier alpha value is -2.39. The van der Waals surface area contributed by atoms with Gasteiger partial charge in [-0.1, -0.05) is 15.9 Å². The molecular formula is C17H16BrN3O2. The number of nitrogens with zero attached hydrogens (tertiary/aromatic N) is 2. The number of anilines is 1. The van der Waals surface area contributed by atoms with E-state index in [1.165, 1.54) is 4.57 Å². The zero-order valence-electron chi connectivity index (χ0n) is 13.1. The summed E-state index contributed by atoms with van der Waals surface area (Å²) in [4.78, 5) is 24.5. The molecule has 0 aliphatic rings. The Balaban J connectivity index is 2.28. The van der Waals surface area contributed by atoms with E-state index in [-0.39, 0.29) is 18.0 Å². The monoisotopic (exact) mass is 373 g/mol. The zero-order chi connectivity index (χ0) is 17.1. The third-order valence-corrected chi connectivity index (χ3v) is 4.07. The number of aromatic nitrogens is 1. The van der Waals surface area contributed by atoms with Gasteiger partial charge in [0, 0.05) is 15.9 Å². The molecule has 0 saturated heterocycles. The van der Waals surface area contributed by atoms with Gasteiger partial charge < -0.3 is 9.88 Å². The molecule has 118 valence electrons. The molecular weight excluding hydrogens is 358 g/mol. The van der Waals surface area contributed by atoms with Crippen LogP contribution < -0.4 is 10.9 Å². The lowest BCUT2D eigenvalue weighted by atomic mass is 10.1. The van der Waals surface area contributed by atoms with Gasteiger partial charge in [0.25, 0.3) is 5.56 Å². The van der Waals surface area contributed by atoms with Crippen LogP contribution in [0.2, 0.25) is 0 Å². The van der Waals surface area contributed by atoms with E-state index < -0.39 is 5.56 Å². The zero-order valence-corrected chi connectivity index (χ0v) is 14.7. The first kappa shape index (κ1) is 17.0. The predicted octanol–water partition coefficient (Wildman–Crippen LogP) is 3.05. The van der Waals surface area contributed by atoms with Crippen molar-refractivity contribution < 1.29 is 4.79 Å². The molecule has 2 rings (SSSR count). The van der Waals surface area contributed by atoms with Crippen molar-refractivity contribution in [1.29, 1.82) is 5.26 Å². The van der Waals surface area contributed by atoms with Crippen LogP contribution in [0.25, 0.3) is 0 Å². The van der Waals surface area contributed by atoms with Crippen LogP contribution in [0.5, 0.6) is 0 Å². The minimum absolute atomic E-state index is 0.0724. The highest BCUT2D eigenvalue weighted by Crippen LogP contribution is 2.20. The Labute approximate surface area is 142 Å². The van der Waals surface area contributed by atoms with Gasteiger partial charge in [-0.25, -0.2) is 0 Å². The molecule has 1 heterocycles. The number of hydrogen-bond acceptors (Lipinski definition) is 3. The summed E-state index contributed by atoms with van der Waals surface area (Å²) >= 11 is 3.37. The molecule has 2 aromatic rings. The van der Waals surface area contributed by atoms with E-state index >= 15 is 0 Å². The first-order valence-electron chi connectivity index (χ1n) is 7.00. The Morgan fingerprint density at radius 3 is 2.57 bits per heavy atom. The molecule has 0 aliphatic carbocycles. The number of nitrogens with one attached hydrogen (secondary N) is 1. The highest BCUT2D eigenvalue weighted by Gasteiger charge is 2.13. The highest BCUT2D eigenvalue weighted by molar-refractivity contribution is 9.10. The molecule has 0 aliphatic heterocycles. The summed E-state index contributed by atoms with van der Waals surface area (Å²) in [5.74, 6) is -0.312. The molecule has 1 aromatic heterocycles. The second-order valence-electron chi connectivity index (χ2n) is 5.35. The van der Waals surface area contributed by atoms with Crippen LogP contribution in [0, 0.1) is 32.1 Å². The average Bonchev–Trinajstić information content (AvgIpc) is 2.47. The standard InChI is InChI=1S/C17H16BrN3O2/c1-10-6-12(3)21(17(23)14(10)8-19)9-16(22)20-15-5-4-13(18)7-11(15)2/h4-7H,9H2,1-3H3,(H,20,22). The summed E-state index contributed by atoms with van der Waals surface area (Å²) in [7, 11) is 0. The quantitative estimate of drug-likeness (QED) is 0.897. The average molecular weight is 374 g/mol. The molecule has 23 heavy (non-hydrogen) atoms. The lowest BCUT2D eigenvalue weighted by molar-refractivity contribution is -0.116. The van der Waals surface area contributed by atoms with Gasteiger partial charge in [0.2, 0.25) is 5.91 Å².